The number of nitrogens with one attached hydrogen (secondary N) is 1. The average molecular weight is 513 g/mol. The Morgan fingerprint density at radius 1 is 1.11 bits per heavy atom. The molecule has 1 atom stereocenters. The van der Waals surface area contributed by atoms with Crippen LogP contribution in [0.3, 0.4) is 0 Å². The number of hydrogen-bond acceptors (Lipinski definition) is 5. The Morgan fingerprint density at radius 3 is 2.61 bits per heavy atom. The molecule has 198 valence electrons. The molecular formula is C31H36N4O3. The number of carbonyl (C=O) groups is 1. The summed E-state index contributed by atoms with van der Waals surface area (Å²) < 4.78 is 7.18. The van der Waals surface area contributed by atoms with Gasteiger partial charge >= 0.3 is 6.09 Å². The van der Waals surface area contributed by atoms with Gasteiger partial charge in [0.2, 0.25) is 0 Å². The van der Waals surface area contributed by atoms with E-state index < -0.39 is 5.60 Å². The van der Waals surface area contributed by atoms with Gasteiger partial charge in [0.25, 0.3) is 5.56 Å². The Kier molecular flexibility index (Phi) is 7.11. The quantitative estimate of drug-likeness (QED) is 0.308. The number of nitrogens with zero attached hydrogens (tertiary/aromatic N) is 3. The van der Waals surface area contributed by atoms with E-state index in [1.54, 1.807) is 9.30 Å². The van der Waals surface area contributed by atoms with E-state index in [1.165, 1.54) is 0 Å². The standard InChI is InChI=1S/C31H36N4O3/c1-5-6-11-26-27(29(36)35-19-16-21-9-7-8-10-25(21)28(35)33-26)22-12-14-23(15-13-22)32-24-17-18-34(20-24)30(37)38-31(2,3)4/h7-10,12-16,19,24,32H,5-6,11,17-18,20H2,1-4H3/t24-/m1/s1. The van der Waals surface area contributed by atoms with Crippen LogP contribution < -0.4 is 10.9 Å². The number of pyridine rings is 1. The second kappa shape index (κ2) is 10.5. The molecule has 38 heavy (non-hydrogen) atoms. The van der Waals surface area contributed by atoms with E-state index in [0.29, 0.717) is 24.3 Å². The Labute approximate surface area is 223 Å². The predicted molar refractivity (Wildman–Crippen MR) is 153 cm³/mol. The van der Waals surface area contributed by atoms with Crippen molar-refractivity contribution in [2.24, 2.45) is 0 Å². The zero-order chi connectivity index (χ0) is 26.9. The van der Waals surface area contributed by atoms with Gasteiger partial charge in [0.1, 0.15) is 11.2 Å². The van der Waals surface area contributed by atoms with Crippen LogP contribution in [-0.2, 0) is 11.2 Å². The van der Waals surface area contributed by atoms with Gasteiger partial charge in [-0.25, -0.2) is 9.78 Å². The molecule has 5 rings (SSSR count). The van der Waals surface area contributed by atoms with E-state index in [-0.39, 0.29) is 17.7 Å². The van der Waals surface area contributed by atoms with Crippen LogP contribution >= 0.6 is 0 Å². The van der Waals surface area contributed by atoms with Gasteiger partial charge in [-0.1, -0.05) is 49.7 Å². The van der Waals surface area contributed by atoms with Gasteiger partial charge in [0.05, 0.1) is 11.3 Å². The van der Waals surface area contributed by atoms with Crippen LogP contribution in [-0.4, -0.2) is 45.1 Å². The van der Waals surface area contributed by atoms with E-state index in [0.717, 1.165) is 53.4 Å². The molecule has 1 aliphatic rings. The molecule has 0 bridgehead atoms. The highest BCUT2D eigenvalue weighted by Gasteiger charge is 2.29. The number of anilines is 1. The van der Waals surface area contributed by atoms with Crippen molar-refractivity contribution in [1.29, 1.82) is 0 Å². The highest BCUT2D eigenvalue weighted by atomic mass is 16.6. The summed E-state index contributed by atoms with van der Waals surface area (Å²) in [6.07, 6.45) is 5.16. The predicted octanol–water partition coefficient (Wildman–Crippen LogP) is 6.28. The van der Waals surface area contributed by atoms with E-state index in [9.17, 15) is 9.59 Å². The van der Waals surface area contributed by atoms with Crippen LogP contribution in [0.25, 0.3) is 27.5 Å². The Hall–Kier alpha value is -3.87. The molecule has 0 spiro atoms. The van der Waals surface area contributed by atoms with E-state index in [4.69, 9.17) is 9.72 Å². The van der Waals surface area contributed by atoms with E-state index in [2.05, 4.69) is 12.2 Å². The third kappa shape index (κ3) is 5.37. The van der Waals surface area contributed by atoms with Crippen LogP contribution in [0.4, 0.5) is 10.5 Å². The lowest BCUT2D eigenvalue weighted by Gasteiger charge is -2.24. The molecule has 2 aromatic heterocycles. The van der Waals surface area contributed by atoms with Gasteiger partial charge in [-0.3, -0.25) is 9.20 Å². The van der Waals surface area contributed by atoms with E-state index in [1.807, 2.05) is 81.6 Å². The summed E-state index contributed by atoms with van der Waals surface area (Å²) in [7, 11) is 0. The fourth-order valence-electron chi connectivity index (χ4n) is 5.06. The number of rotatable bonds is 6. The summed E-state index contributed by atoms with van der Waals surface area (Å²) in [5.41, 5.74) is 3.49. The molecule has 0 radical (unpaired) electrons. The molecule has 1 N–H and O–H groups in total. The minimum Gasteiger partial charge on any atom is -0.444 e. The van der Waals surface area contributed by atoms with Crippen molar-refractivity contribution in [3.8, 4) is 11.1 Å². The van der Waals surface area contributed by atoms with Crippen LogP contribution in [0.15, 0.2) is 65.6 Å². The number of hydrogen-bond donors (Lipinski definition) is 1. The maximum Gasteiger partial charge on any atom is 0.410 e. The minimum absolute atomic E-state index is 0.0450. The second-order valence-corrected chi connectivity index (χ2v) is 11.1. The van der Waals surface area contributed by atoms with Crippen molar-refractivity contribution in [2.75, 3.05) is 18.4 Å². The number of aryl methyl sites for hydroxylation is 1. The molecule has 2 aromatic carbocycles. The molecule has 0 unspecified atom stereocenters. The normalized spacial score (nSPS) is 15.8. The second-order valence-electron chi connectivity index (χ2n) is 11.1. The van der Waals surface area contributed by atoms with Gasteiger partial charge in [-0.2, -0.15) is 0 Å². The van der Waals surface area contributed by atoms with Crippen molar-refractivity contribution in [1.82, 2.24) is 14.3 Å². The molecule has 1 saturated heterocycles. The van der Waals surface area contributed by atoms with E-state index >= 15 is 0 Å². The SMILES string of the molecule is CCCCc1nc2c3ccccc3ccn2c(=O)c1-c1ccc(N[C@@H]2CCN(C(=O)OC(C)(C)C)C2)cc1. The molecule has 1 aliphatic heterocycles. The van der Waals surface area contributed by atoms with Gasteiger partial charge < -0.3 is 15.0 Å². The highest BCUT2D eigenvalue weighted by molar-refractivity contribution is 5.94. The number of benzene rings is 2. The van der Waals surface area contributed by atoms with Gasteiger partial charge in [0.15, 0.2) is 0 Å². The van der Waals surface area contributed by atoms with Crippen molar-refractivity contribution < 1.29 is 9.53 Å². The highest BCUT2D eigenvalue weighted by Crippen LogP contribution is 2.26. The fraction of sp³-hybridized carbons (Fsp3) is 0.387. The summed E-state index contributed by atoms with van der Waals surface area (Å²) in [4.78, 5) is 33.0. The summed E-state index contributed by atoms with van der Waals surface area (Å²) in [5, 5.41) is 5.58. The molecule has 1 amide bonds. The molecule has 3 heterocycles. The number of carbonyl (C=O) groups excluding carboxylic acids is 1. The average Bonchev–Trinajstić information content (AvgIpc) is 3.36. The molecular weight excluding hydrogens is 476 g/mol. The number of aromatic nitrogens is 2. The summed E-state index contributed by atoms with van der Waals surface area (Å²) in [6, 6.07) is 18.2. The van der Waals surface area contributed by atoms with Crippen LogP contribution in [0.1, 0.15) is 52.7 Å². The van der Waals surface area contributed by atoms with Crippen LogP contribution in [0.2, 0.25) is 0 Å². The monoisotopic (exact) mass is 512 g/mol. The number of ether oxygens (including phenoxy) is 1. The number of fused-ring (bicyclic) bond motifs is 3. The van der Waals surface area contributed by atoms with Gasteiger partial charge in [0, 0.05) is 36.4 Å². The zero-order valence-electron chi connectivity index (χ0n) is 22.7. The largest absolute Gasteiger partial charge is 0.444 e. The van der Waals surface area contributed by atoms with Crippen LogP contribution in [0, 0.1) is 0 Å². The van der Waals surface area contributed by atoms with Crippen molar-refractivity contribution in [2.45, 2.75) is 65.0 Å². The first kappa shape index (κ1) is 25.8. The van der Waals surface area contributed by atoms with Crippen molar-refractivity contribution in [3.63, 3.8) is 0 Å². The first-order valence-corrected chi connectivity index (χ1v) is 13.5. The Balaban J connectivity index is 1.41. The van der Waals surface area contributed by atoms with Crippen molar-refractivity contribution in [3.05, 3.63) is 76.8 Å². The summed E-state index contributed by atoms with van der Waals surface area (Å²) >= 11 is 0. The molecule has 1 fully saturated rings. The lowest BCUT2D eigenvalue weighted by molar-refractivity contribution is 0.0293. The van der Waals surface area contributed by atoms with Gasteiger partial charge in [-0.05, 0) is 69.2 Å². The number of amides is 1. The smallest absolute Gasteiger partial charge is 0.410 e. The minimum atomic E-state index is -0.502. The van der Waals surface area contributed by atoms with Gasteiger partial charge in [-0.15, -0.1) is 0 Å². The number of likely N-dealkylation sites (tertiary alicyclic amines) is 1. The van der Waals surface area contributed by atoms with Crippen LogP contribution in [0.5, 0.6) is 0 Å². The fourth-order valence-corrected chi connectivity index (χ4v) is 5.06. The molecule has 7 heteroatoms. The summed E-state index contributed by atoms with van der Waals surface area (Å²) in [6.45, 7) is 9.05. The summed E-state index contributed by atoms with van der Waals surface area (Å²) in [5.74, 6) is 0. The lowest BCUT2D eigenvalue weighted by Crippen LogP contribution is -2.36. The zero-order valence-corrected chi connectivity index (χ0v) is 22.7. The molecule has 0 saturated carbocycles. The topological polar surface area (TPSA) is 75.9 Å². The maximum atomic E-state index is 13.8. The lowest BCUT2D eigenvalue weighted by atomic mass is 10.0. The third-order valence-electron chi connectivity index (χ3n) is 6.95. The molecule has 0 aliphatic carbocycles. The number of unbranched alkanes of at least 4 members (excludes halogenated alkanes) is 1. The molecule has 4 aromatic rings. The first-order chi connectivity index (χ1) is 18.2. The Bertz CT molecular complexity index is 1520. The molecule has 7 nitrogen and oxygen atoms in total. The first-order valence-electron chi connectivity index (χ1n) is 13.5. The third-order valence-corrected chi connectivity index (χ3v) is 6.95. The van der Waals surface area contributed by atoms with Crippen molar-refractivity contribution >= 4 is 28.2 Å². The maximum absolute atomic E-state index is 13.8. The Morgan fingerprint density at radius 2 is 1.87 bits per heavy atom.